The zero-order chi connectivity index (χ0) is 19.2. The van der Waals surface area contributed by atoms with Crippen molar-refractivity contribution < 1.29 is 17.9 Å². The molecule has 2 aromatic carbocycles. The molecule has 0 saturated heterocycles. The van der Waals surface area contributed by atoms with Crippen molar-refractivity contribution in [1.82, 2.24) is 4.90 Å². The molecule has 6 nitrogen and oxygen atoms in total. The van der Waals surface area contributed by atoms with E-state index in [1.54, 1.807) is 43.1 Å². The van der Waals surface area contributed by atoms with Crippen LogP contribution in [-0.4, -0.2) is 39.1 Å². The van der Waals surface area contributed by atoms with Crippen LogP contribution in [0.3, 0.4) is 0 Å². The molecule has 0 aliphatic rings. The SMILES string of the molecule is COc1cccc(NS(=O)(=O)CC(C)C(=O)N(C)Cc2ccccc2)c1. The van der Waals surface area contributed by atoms with E-state index in [2.05, 4.69) is 4.72 Å². The maximum atomic E-state index is 12.5. The molecule has 1 N–H and O–H groups in total. The summed E-state index contributed by atoms with van der Waals surface area (Å²) in [4.78, 5) is 14.0. The number of benzene rings is 2. The molecule has 0 aliphatic carbocycles. The van der Waals surface area contributed by atoms with E-state index < -0.39 is 15.9 Å². The number of anilines is 1. The predicted molar refractivity (Wildman–Crippen MR) is 102 cm³/mol. The second-order valence-corrected chi connectivity index (χ2v) is 7.96. The first-order valence-corrected chi connectivity index (χ1v) is 9.89. The Morgan fingerprint density at radius 2 is 1.85 bits per heavy atom. The molecule has 1 atom stereocenters. The first kappa shape index (κ1) is 19.8. The molecule has 7 heteroatoms. The summed E-state index contributed by atoms with van der Waals surface area (Å²) in [5.41, 5.74) is 1.40. The van der Waals surface area contributed by atoms with E-state index in [1.807, 2.05) is 30.3 Å². The maximum absolute atomic E-state index is 12.5. The van der Waals surface area contributed by atoms with Crippen molar-refractivity contribution in [3.63, 3.8) is 0 Å². The first-order chi connectivity index (χ1) is 12.3. The minimum atomic E-state index is -3.66. The van der Waals surface area contributed by atoms with Gasteiger partial charge in [0.2, 0.25) is 15.9 Å². The van der Waals surface area contributed by atoms with Gasteiger partial charge in [-0.3, -0.25) is 9.52 Å². The second-order valence-electron chi connectivity index (χ2n) is 6.20. The van der Waals surface area contributed by atoms with Gasteiger partial charge in [0.05, 0.1) is 24.5 Å². The van der Waals surface area contributed by atoms with Gasteiger partial charge in [0.25, 0.3) is 0 Å². The van der Waals surface area contributed by atoms with Crippen LogP contribution in [0.15, 0.2) is 54.6 Å². The smallest absolute Gasteiger partial charge is 0.233 e. The summed E-state index contributed by atoms with van der Waals surface area (Å²) in [6.07, 6.45) is 0. The molecule has 0 radical (unpaired) electrons. The minimum absolute atomic E-state index is 0.218. The van der Waals surface area contributed by atoms with Gasteiger partial charge in [-0.1, -0.05) is 43.3 Å². The number of nitrogens with one attached hydrogen (secondary N) is 1. The molecule has 0 aliphatic heterocycles. The summed E-state index contributed by atoms with van der Waals surface area (Å²) in [6.45, 7) is 2.06. The fourth-order valence-electron chi connectivity index (χ4n) is 2.62. The Balaban J connectivity index is 1.97. The molecule has 0 aromatic heterocycles. The molecule has 2 aromatic rings. The van der Waals surface area contributed by atoms with Crippen molar-refractivity contribution in [1.29, 1.82) is 0 Å². The molecule has 1 unspecified atom stereocenters. The fraction of sp³-hybridized carbons (Fsp3) is 0.316. The van der Waals surface area contributed by atoms with E-state index in [9.17, 15) is 13.2 Å². The molecule has 0 spiro atoms. The maximum Gasteiger partial charge on any atom is 0.233 e. The summed E-state index contributed by atoms with van der Waals surface area (Å²) in [6, 6.07) is 16.2. The van der Waals surface area contributed by atoms with Gasteiger partial charge in [0.15, 0.2) is 0 Å². The van der Waals surface area contributed by atoms with E-state index in [-0.39, 0.29) is 11.7 Å². The van der Waals surface area contributed by atoms with Crippen molar-refractivity contribution in [3.05, 3.63) is 60.2 Å². The Kier molecular flexibility index (Phi) is 6.63. The molecule has 26 heavy (non-hydrogen) atoms. The van der Waals surface area contributed by atoms with Gasteiger partial charge in [0.1, 0.15) is 5.75 Å². The van der Waals surface area contributed by atoms with Crippen LogP contribution in [0.5, 0.6) is 5.75 Å². The average molecular weight is 376 g/mol. The van der Waals surface area contributed by atoms with Gasteiger partial charge >= 0.3 is 0 Å². The quantitative estimate of drug-likeness (QED) is 0.769. The van der Waals surface area contributed by atoms with Crippen molar-refractivity contribution in [3.8, 4) is 5.75 Å². The highest BCUT2D eigenvalue weighted by Crippen LogP contribution is 2.19. The van der Waals surface area contributed by atoms with E-state index in [1.165, 1.54) is 7.11 Å². The lowest BCUT2D eigenvalue weighted by atomic mass is 10.1. The Morgan fingerprint density at radius 1 is 1.15 bits per heavy atom. The summed E-state index contributed by atoms with van der Waals surface area (Å²) >= 11 is 0. The number of carbonyl (C=O) groups excluding carboxylic acids is 1. The number of amides is 1. The molecular weight excluding hydrogens is 352 g/mol. The second kappa shape index (κ2) is 8.71. The Labute approximate surface area is 154 Å². The normalized spacial score (nSPS) is 12.3. The zero-order valence-corrected chi connectivity index (χ0v) is 16.0. The van der Waals surface area contributed by atoms with Crippen LogP contribution in [0.4, 0.5) is 5.69 Å². The molecule has 1 amide bonds. The summed E-state index contributed by atoms with van der Waals surface area (Å²) < 4.78 is 32.3. The van der Waals surface area contributed by atoms with Crippen molar-refractivity contribution >= 4 is 21.6 Å². The number of carbonyl (C=O) groups is 1. The van der Waals surface area contributed by atoms with Gasteiger partial charge in [-0.15, -0.1) is 0 Å². The van der Waals surface area contributed by atoms with E-state index >= 15 is 0 Å². The van der Waals surface area contributed by atoms with Gasteiger partial charge in [0, 0.05) is 19.7 Å². The Bertz CT molecular complexity index is 838. The van der Waals surface area contributed by atoms with E-state index in [0.29, 0.717) is 18.0 Å². The number of rotatable bonds is 8. The summed E-state index contributed by atoms with van der Waals surface area (Å²) in [7, 11) is -0.478. The molecular formula is C19H24N2O4S. The number of hydrogen-bond acceptors (Lipinski definition) is 4. The average Bonchev–Trinajstić information content (AvgIpc) is 2.61. The highest BCUT2D eigenvalue weighted by Gasteiger charge is 2.24. The number of methoxy groups -OCH3 is 1. The van der Waals surface area contributed by atoms with Crippen molar-refractivity contribution in [2.24, 2.45) is 5.92 Å². The number of sulfonamides is 1. The molecule has 0 bridgehead atoms. The van der Waals surface area contributed by atoms with Crippen LogP contribution in [0.25, 0.3) is 0 Å². The first-order valence-electron chi connectivity index (χ1n) is 8.24. The topological polar surface area (TPSA) is 75.7 Å². The minimum Gasteiger partial charge on any atom is -0.497 e. The number of hydrogen-bond donors (Lipinski definition) is 1. The molecule has 0 saturated carbocycles. The van der Waals surface area contributed by atoms with Gasteiger partial charge in [-0.05, 0) is 17.7 Å². The molecule has 0 fully saturated rings. The van der Waals surface area contributed by atoms with Crippen LogP contribution in [0, 0.1) is 5.92 Å². The lowest BCUT2D eigenvalue weighted by Gasteiger charge is -2.21. The zero-order valence-electron chi connectivity index (χ0n) is 15.2. The van der Waals surface area contributed by atoms with E-state index in [4.69, 9.17) is 4.74 Å². The van der Waals surface area contributed by atoms with Gasteiger partial charge < -0.3 is 9.64 Å². The predicted octanol–water partition coefficient (Wildman–Crippen LogP) is 2.73. The highest BCUT2D eigenvalue weighted by atomic mass is 32.2. The largest absolute Gasteiger partial charge is 0.497 e. The third kappa shape index (κ3) is 5.77. The summed E-state index contributed by atoms with van der Waals surface area (Å²) in [5.74, 6) is -0.615. The van der Waals surface area contributed by atoms with Gasteiger partial charge in [-0.25, -0.2) is 8.42 Å². The van der Waals surface area contributed by atoms with Crippen LogP contribution in [0.1, 0.15) is 12.5 Å². The summed E-state index contributed by atoms with van der Waals surface area (Å²) in [5, 5.41) is 0. The van der Waals surface area contributed by atoms with Crippen LogP contribution >= 0.6 is 0 Å². The lowest BCUT2D eigenvalue weighted by molar-refractivity contribution is -0.133. The lowest BCUT2D eigenvalue weighted by Crippen LogP contribution is -2.35. The molecule has 0 heterocycles. The van der Waals surface area contributed by atoms with E-state index in [0.717, 1.165) is 5.56 Å². The van der Waals surface area contributed by atoms with Gasteiger partial charge in [-0.2, -0.15) is 0 Å². The Hall–Kier alpha value is -2.54. The highest BCUT2D eigenvalue weighted by molar-refractivity contribution is 7.92. The van der Waals surface area contributed by atoms with Crippen molar-refractivity contribution in [2.45, 2.75) is 13.5 Å². The monoisotopic (exact) mass is 376 g/mol. The molecule has 140 valence electrons. The number of nitrogens with zero attached hydrogens (tertiary/aromatic N) is 1. The van der Waals surface area contributed by atoms with Crippen LogP contribution in [0.2, 0.25) is 0 Å². The standard InChI is InChI=1S/C19H24N2O4S/c1-15(19(22)21(2)13-16-8-5-4-6-9-16)14-26(23,24)20-17-10-7-11-18(12-17)25-3/h4-12,15,20H,13-14H2,1-3H3. The Morgan fingerprint density at radius 3 is 2.50 bits per heavy atom. The fourth-order valence-corrected chi connectivity index (χ4v) is 3.99. The van der Waals surface area contributed by atoms with Crippen molar-refractivity contribution in [2.75, 3.05) is 24.6 Å². The van der Waals surface area contributed by atoms with Crippen LogP contribution in [-0.2, 0) is 21.4 Å². The molecule has 2 rings (SSSR count). The van der Waals surface area contributed by atoms with Crippen LogP contribution < -0.4 is 9.46 Å². The third-order valence-corrected chi connectivity index (χ3v) is 5.36. The number of ether oxygens (including phenoxy) is 1. The third-order valence-electron chi connectivity index (χ3n) is 3.87.